The number of nitrogens with two attached hydrogens (primary N) is 1. The average molecular weight is 554 g/mol. The monoisotopic (exact) mass is 553 g/mol. The molecule has 2 aliphatic heterocycles. The molecule has 9 nitrogen and oxygen atoms in total. The highest BCUT2D eigenvalue weighted by atomic mass is 32.1. The number of hydrogen-bond donors (Lipinski definition) is 4. The van der Waals surface area contributed by atoms with E-state index in [1.165, 1.54) is 0 Å². The molecule has 3 heterocycles. The van der Waals surface area contributed by atoms with Crippen LogP contribution >= 0.6 is 11.3 Å². The summed E-state index contributed by atoms with van der Waals surface area (Å²) in [6.07, 6.45) is 0.838. The summed E-state index contributed by atoms with van der Waals surface area (Å²) in [5, 5.41) is 16.9. The number of hydrogen-bond acceptors (Lipinski definition) is 7. The summed E-state index contributed by atoms with van der Waals surface area (Å²) in [5.41, 5.74) is 9.89. The molecule has 4 atom stereocenters. The minimum absolute atomic E-state index is 0.0947. The molecule has 0 radical (unpaired) electrons. The zero-order valence-electron chi connectivity index (χ0n) is 23.1. The van der Waals surface area contributed by atoms with Gasteiger partial charge in [-0.1, -0.05) is 45.0 Å². The van der Waals surface area contributed by atoms with Crippen LogP contribution in [0.3, 0.4) is 0 Å². The second kappa shape index (κ2) is 10.3. The van der Waals surface area contributed by atoms with Gasteiger partial charge < -0.3 is 26.4 Å². The first-order valence-corrected chi connectivity index (χ1v) is 14.6. The molecule has 5 N–H and O–H groups in total. The largest absolute Gasteiger partial charge is 0.391 e. The SMILES string of the molecule is Cc1ncsc1-c1ccc(CNC(=O)[C@@H]2C[C@@H](O)CN2C(=O)[C@H](C2NCC23CC(C(N)=O)C3)C(C)(C)C)cc1. The summed E-state index contributed by atoms with van der Waals surface area (Å²) in [7, 11) is 0. The molecule has 1 aromatic carbocycles. The third-order valence-corrected chi connectivity index (χ3v) is 9.85. The van der Waals surface area contributed by atoms with E-state index in [2.05, 4.69) is 15.6 Å². The van der Waals surface area contributed by atoms with Gasteiger partial charge in [-0.2, -0.15) is 0 Å². The number of nitrogens with one attached hydrogen (secondary N) is 2. The predicted molar refractivity (Wildman–Crippen MR) is 149 cm³/mol. The number of likely N-dealkylation sites (tertiary alicyclic amines) is 1. The maximum Gasteiger partial charge on any atom is 0.243 e. The van der Waals surface area contributed by atoms with Gasteiger partial charge in [-0.25, -0.2) is 4.98 Å². The number of aliphatic hydroxyl groups excluding tert-OH is 1. The molecule has 1 saturated carbocycles. The van der Waals surface area contributed by atoms with Gasteiger partial charge in [0.05, 0.1) is 28.1 Å². The Hall–Kier alpha value is -2.82. The lowest BCUT2D eigenvalue weighted by Crippen LogP contribution is -2.74. The first kappa shape index (κ1) is 27.7. The Bertz CT molecular complexity index is 1250. The number of carbonyl (C=O) groups excluding carboxylic acids is 3. The molecule has 1 aromatic heterocycles. The number of β-amino-alcohol motifs (C(OH)–C–C–N with tert-alkyl or cyclic N) is 1. The Morgan fingerprint density at radius 1 is 1.26 bits per heavy atom. The molecule has 1 spiro atoms. The molecule has 3 amide bonds. The van der Waals surface area contributed by atoms with Gasteiger partial charge in [0.2, 0.25) is 17.7 Å². The van der Waals surface area contributed by atoms with Crippen molar-refractivity contribution in [3.05, 3.63) is 41.0 Å². The number of nitrogens with zero attached hydrogens (tertiary/aromatic N) is 2. The van der Waals surface area contributed by atoms with Gasteiger partial charge in [0.15, 0.2) is 0 Å². The molecule has 5 rings (SSSR count). The fourth-order valence-corrected chi connectivity index (χ4v) is 7.47. The van der Waals surface area contributed by atoms with Gasteiger partial charge in [0.1, 0.15) is 6.04 Å². The summed E-state index contributed by atoms with van der Waals surface area (Å²) < 4.78 is 0. The van der Waals surface area contributed by atoms with Crippen molar-refractivity contribution < 1.29 is 19.5 Å². The number of thiazole rings is 1. The van der Waals surface area contributed by atoms with Crippen LogP contribution in [0.1, 0.15) is 51.3 Å². The van der Waals surface area contributed by atoms with Crippen molar-refractivity contribution in [2.45, 2.75) is 71.7 Å². The van der Waals surface area contributed by atoms with Crippen molar-refractivity contribution in [2.24, 2.45) is 28.4 Å². The van der Waals surface area contributed by atoms with Gasteiger partial charge in [-0.05, 0) is 36.3 Å². The van der Waals surface area contributed by atoms with E-state index < -0.39 is 18.1 Å². The highest BCUT2D eigenvalue weighted by Gasteiger charge is 2.62. The quantitative estimate of drug-likeness (QED) is 0.415. The fourth-order valence-electron chi connectivity index (χ4n) is 6.66. The summed E-state index contributed by atoms with van der Waals surface area (Å²) in [4.78, 5) is 46.1. The molecule has 1 aliphatic carbocycles. The van der Waals surface area contributed by atoms with Gasteiger partial charge in [-0.15, -0.1) is 11.3 Å². The van der Waals surface area contributed by atoms with Crippen LogP contribution in [-0.2, 0) is 20.9 Å². The van der Waals surface area contributed by atoms with Crippen molar-refractivity contribution in [3.63, 3.8) is 0 Å². The molecule has 1 unspecified atom stereocenters. The fraction of sp³-hybridized carbons (Fsp3) is 0.586. The van der Waals surface area contributed by atoms with E-state index in [0.29, 0.717) is 19.4 Å². The Labute approximate surface area is 233 Å². The van der Waals surface area contributed by atoms with Crippen LogP contribution in [0.15, 0.2) is 29.8 Å². The number of amides is 3. The van der Waals surface area contributed by atoms with Crippen LogP contribution in [0, 0.1) is 29.6 Å². The van der Waals surface area contributed by atoms with Crippen LogP contribution in [0.25, 0.3) is 10.4 Å². The Kier molecular flexibility index (Phi) is 7.32. The molecule has 3 fully saturated rings. The third kappa shape index (κ3) is 5.21. The van der Waals surface area contributed by atoms with E-state index in [9.17, 15) is 19.5 Å². The number of rotatable bonds is 7. The van der Waals surface area contributed by atoms with E-state index in [0.717, 1.165) is 28.2 Å². The number of primary amides is 1. The van der Waals surface area contributed by atoms with Crippen molar-refractivity contribution >= 4 is 29.1 Å². The first-order chi connectivity index (χ1) is 18.4. The zero-order chi connectivity index (χ0) is 28.1. The Balaban J connectivity index is 1.26. The molecular formula is C29H39N5O4S. The summed E-state index contributed by atoms with van der Waals surface area (Å²) in [5.74, 6) is -1.20. The van der Waals surface area contributed by atoms with Crippen molar-refractivity contribution in [2.75, 3.05) is 13.1 Å². The molecular weight excluding hydrogens is 514 g/mol. The maximum atomic E-state index is 14.1. The number of aliphatic hydroxyl groups is 1. The van der Waals surface area contributed by atoms with E-state index in [1.54, 1.807) is 16.2 Å². The van der Waals surface area contributed by atoms with E-state index in [4.69, 9.17) is 5.73 Å². The van der Waals surface area contributed by atoms with Crippen LogP contribution in [0.5, 0.6) is 0 Å². The minimum atomic E-state index is -0.751. The van der Waals surface area contributed by atoms with Crippen LogP contribution in [0.4, 0.5) is 0 Å². The standard InChI is InChI=1S/C29H39N5O4S/c1-16-23(39-15-33-16)18-7-5-17(6-8-18)12-31-26(37)21-9-20(35)13-34(21)27(38)22(28(2,3)4)24-29(14-32-24)10-19(11-29)25(30)36/h5-8,15,19-22,24,32,35H,9-14H2,1-4H3,(H2,30,36)(H,31,37)/t19?,20-,21+,22+,24?,29?/m1/s1. The normalized spacial score (nSPS) is 29.0. The van der Waals surface area contributed by atoms with Crippen molar-refractivity contribution in [1.29, 1.82) is 0 Å². The van der Waals surface area contributed by atoms with Gasteiger partial charge in [0.25, 0.3) is 0 Å². The number of benzene rings is 1. The number of aromatic nitrogens is 1. The second-order valence-corrected chi connectivity index (χ2v) is 13.5. The van der Waals surface area contributed by atoms with E-state index >= 15 is 0 Å². The lowest BCUT2D eigenvalue weighted by molar-refractivity contribution is -0.159. The number of carbonyl (C=O) groups is 3. The maximum absolute atomic E-state index is 14.1. The number of aryl methyl sites for hydroxylation is 1. The smallest absolute Gasteiger partial charge is 0.243 e. The Morgan fingerprint density at radius 3 is 2.49 bits per heavy atom. The minimum Gasteiger partial charge on any atom is -0.391 e. The molecule has 0 bridgehead atoms. The lowest BCUT2D eigenvalue weighted by Gasteiger charge is -2.62. The summed E-state index contributed by atoms with van der Waals surface area (Å²) in [6.45, 7) is 9.31. The molecule has 10 heteroatoms. The van der Waals surface area contributed by atoms with Crippen LogP contribution in [0.2, 0.25) is 0 Å². The second-order valence-electron chi connectivity index (χ2n) is 12.6. The van der Waals surface area contributed by atoms with E-state index in [1.807, 2.05) is 57.5 Å². The third-order valence-electron chi connectivity index (χ3n) is 8.87. The molecule has 3 aliphatic rings. The Morgan fingerprint density at radius 2 is 1.95 bits per heavy atom. The molecule has 2 aromatic rings. The molecule has 39 heavy (non-hydrogen) atoms. The highest BCUT2D eigenvalue weighted by molar-refractivity contribution is 7.13. The summed E-state index contributed by atoms with van der Waals surface area (Å²) in [6, 6.07) is 7.19. The first-order valence-electron chi connectivity index (χ1n) is 13.7. The van der Waals surface area contributed by atoms with Crippen molar-refractivity contribution in [3.8, 4) is 10.4 Å². The van der Waals surface area contributed by atoms with Crippen LogP contribution < -0.4 is 16.4 Å². The molecule has 2 saturated heterocycles. The van der Waals surface area contributed by atoms with Gasteiger partial charge in [-0.3, -0.25) is 14.4 Å². The lowest BCUT2D eigenvalue weighted by atomic mass is 9.49. The van der Waals surface area contributed by atoms with Crippen molar-refractivity contribution in [1.82, 2.24) is 20.5 Å². The molecule has 210 valence electrons. The predicted octanol–water partition coefficient (Wildman–Crippen LogP) is 2.21. The topological polar surface area (TPSA) is 138 Å². The van der Waals surface area contributed by atoms with Gasteiger partial charge in [0, 0.05) is 43.4 Å². The highest BCUT2D eigenvalue weighted by Crippen LogP contribution is 2.56. The summed E-state index contributed by atoms with van der Waals surface area (Å²) >= 11 is 1.60. The average Bonchev–Trinajstić information content (AvgIpc) is 3.43. The van der Waals surface area contributed by atoms with Crippen LogP contribution in [-0.4, -0.2) is 64.0 Å². The van der Waals surface area contributed by atoms with Gasteiger partial charge >= 0.3 is 0 Å². The zero-order valence-corrected chi connectivity index (χ0v) is 23.9. The van der Waals surface area contributed by atoms with E-state index in [-0.39, 0.29) is 53.5 Å².